The van der Waals surface area contributed by atoms with Gasteiger partial charge in [-0.1, -0.05) is 13.0 Å². The summed E-state index contributed by atoms with van der Waals surface area (Å²) in [6, 6.07) is 8.75. The number of nitrogens with two attached hydrogens (primary N) is 1. The van der Waals surface area contributed by atoms with Crippen LogP contribution in [0.15, 0.2) is 24.3 Å². The van der Waals surface area contributed by atoms with Crippen LogP contribution in [0.4, 0.5) is 5.69 Å². The van der Waals surface area contributed by atoms with Gasteiger partial charge in [-0.05, 0) is 38.4 Å². The molecule has 0 radical (unpaired) electrons. The van der Waals surface area contributed by atoms with Crippen LogP contribution in [-0.4, -0.2) is 26.2 Å². The van der Waals surface area contributed by atoms with Crippen molar-refractivity contribution in [1.29, 1.82) is 0 Å². The molecule has 0 heterocycles. The quantitative estimate of drug-likeness (QED) is 0.791. The molecule has 2 N–H and O–H groups in total. The first-order chi connectivity index (χ1) is 8.22. The summed E-state index contributed by atoms with van der Waals surface area (Å²) in [6.45, 7) is 6.19. The first-order valence-corrected chi connectivity index (χ1v) is 6.33. The Hall–Kier alpha value is -1.22. The maximum Gasteiger partial charge on any atom is 0.120 e. The minimum atomic E-state index is 0.522. The highest BCUT2D eigenvalue weighted by Crippen LogP contribution is 2.23. The van der Waals surface area contributed by atoms with E-state index < -0.39 is 0 Å². The van der Waals surface area contributed by atoms with Gasteiger partial charge in [0.25, 0.3) is 0 Å². The Morgan fingerprint density at radius 2 is 2.18 bits per heavy atom. The highest BCUT2D eigenvalue weighted by molar-refractivity contribution is 5.51. The summed E-state index contributed by atoms with van der Waals surface area (Å²) in [5, 5.41) is 0. The van der Waals surface area contributed by atoms with E-state index >= 15 is 0 Å². The molecular weight excluding hydrogens is 212 g/mol. The largest absolute Gasteiger partial charge is 0.497 e. The monoisotopic (exact) mass is 236 g/mol. The third-order valence-corrected chi connectivity index (χ3v) is 3.11. The maximum absolute atomic E-state index is 5.60. The topological polar surface area (TPSA) is 38.5 Å². The normalized spacial score (nSPS) is 12.2. The van der Waals surface area contributed by atoms with Crippen molar-refractivity contribution in [2.24, 2.45) is 5.73 Å². The third kappa shape index (κ3) is 3.93. The Morgan fingerprint density at radius 3 is 2.76 bits per heavy atom. The Balaban J connectivity index is 2.86. The standard InChI is InChI=1S/C14H24N2O/c1-4-12(2)16(10-6-9-15)13-7-5-8-14(11-13)17-3/h5,7-8,11-12H,4,6,9-10,15H2,1-3H3. The molecule has 0 aliphatic carbocycles. The van der Waals surface area contributed by atoms with Crippen molar-refractivity contribution in [2.45, 2.75) is 32.7 Å². The lowest BCUT2D eigenvalue weighted by atomic mass is 10.1. The second kappa shape index (κ2) is 7.17. The first-order valence-electron chi connectivity index (χ1n) is 6.33. The van der Waals surface area contributed by atoms with Crippen molar-refractivity contribution in [3.8, 4) is 5.75 Å². The lowest BCUT2D eigenvalue weighted by Gasteiger charge is -2.31. The van der Waals surface area contributed by atoms with Crippen LogP contribution in [0.5, 0.6) is 5.75 Å². The second-order valence-corrected chi connectivity index (χ2v) is 4.29. The molecule has 1 aromatic rings. The van der Waals surface area contributed by atoms with Crippen LogP contribution in [0, 0.1) is 0 Å². The van der Waals surface area contributed by atoms with E-state index in [4.69, 9.17) is 10.5 Å². The molecule has 0 fully saturated rings. The van der Waals surface area contributed by atoms with Gasteiger partial charge in [0.05, 0.1) is 7.11 Å². The van der Waals surface area contributed by atoms with Gasteiger partial charge in [0.15, 0.2) is 0 Å². The third-order valence-electron chi connectivity index (χ3n) is 3.11. The number of ether oxygens (including phenoxy) is 1. The predicted octanol–water partition coefficient (Wildman–Crippen LogP) is 2.65. The van der Waals surface area contributed by atoms with Crippen LogP contribution >= 0.6 is 0 Å². The van der Waals surface area contributed by atoms with Crippen LogP contribution in [0.1, 0.15) is 26.7 Å². The van der Waals surface area contributed by atoms with Gasteiger partial charge >= 0.3 is 0 Å². The zero-order valence-electron chi connectivity index (χ0n) is 11.1. The summed E-state index contributed by atoms with van der Waals surface area (Å²) in [6.07, 6.45) is 2.14. The Labute approximate surface area is 105 Å². The highest BCUT2D eigenvalue weighted by atomic mass is 16.5. The van der Waals surface area contributed by atoms with Gasteiger partial charge in [0, 0.05) is 24.3 Å². The Bertz CT molecular complexity index is 328. The highest BCUT2D eigenvalue weighted by Gasteiger charge is 2.12. The summed E-state index contributed by atoms with van der Waals surface area (Å²) in [7, 11) is 1.70. The van der Waals surface area contributed by atoms with E-state index in [0.717, 1.165) is 31.7 Å². The van der Waals surface area contributed by atoms with E-state index in [9.17, 15) is 0 Å². The van der Waals surface area contributed by atoms with Crippen LogP contribution in [0.25, 0.3) is 0 Å². The lowest BCUT2D eigenvalue weighted by Crippen LogP contribution is -2.34. The molecule has 0 aromatic heterocycles. The van der Waals surface area contributed by atoms with Crippen molar-refractivity contribution < 1.29 is 4.74 Å². The summed E-state index contributed by atoms with van der Waals surface area (Å²) >= 11 is 0. The van der Waals surface area contributed by atoms with E-state index in [0.29, 0.717) is 6.04 Å². The van der Waals surface area contributed by atoms with Crippen LogP contribution in [-0.2, 0) is 0 Å². The molecule has 0 bridgehead atoms. The Kier molecular flexibility index (Phi) is 5.84. The summed E-state index contributed by atoms with van der Waals surface area (Å²) in [5.41, 5.74) is 6.82. The molecule has 96 valence electrons. The molecule has 0 aliphatic heterocycles. The molecule has 1 aromatic carbocycles. The average molecular weight is 236 g/mol. The summed E-state index contributed by atoms with van der Waals surface area (Å²) in [4.78, 5) is 2.40. The molecule has 0 spiro atoms. The van der Waals surface area contributed by atoms with Crippen molar-refractivity contribution >= 4 is 5.69 Å². The SMILES string of the molecule is CCC(C)N(CCCN)c1cccc(OC)c1. The van der Waals surface area contributed by atoms with Crippen LogP contribution in [0.2, 0.25) is 0 Å². The number of hydrogen-bond donors (Lipinski definition) is 1. The lowest BCUT2D eigenvalue weighted by molar-refractivity contribution is 0.414. The Morgan fingerprint density at radius 1 is 1.41 bits per heavy atom. The molecule has 0 saturated heterocycles. The number of hydrogen-bond acceptors (Lipinski definition) is 3. The van der Waals surface area contributed by atoms with Gasteiger partial charge in [-0.15, -0.1) is 0 Å². The van der Waals surface area contributed by atoms with Crippen molar-refractivity contribution in [2.75, 3.05) is 25.1 Å². The zero-order valence-corrected chi connectivity index (χ0v) is 11.1. The fourth-order valence-corrected chi connectivity index (χ4v) is 1.88. The fraction of sp³-hybridized carbons (Fsp3) is 0.571. The number of rotatable bonds is 7. The molecule has 0 saturated carbocycles. The van der Waals surface area contributed by atoms with Gasteiger partial charge in [-0.25, -0.2) is 0 Å². The number of nitrogens with zero attached hydrogens (tertiary/aromatic N) is 1. The van der Waals surface area contributed by atoms with Gasteiger partial charge in [-0.2, -0.15) is 0 Å². The molecule has 1 atom stereocenters. The summed E-state index contributed by atoms with van der Waals surface area (Å²) < 4.78 is 5.27. The van der Waals surface area contributed by atoms with Crippen molar-refractivity contribution in [1.82, 2.24) is 0 Å². The van der Waals surface area contributed by atoms with Gasteiger partial charge < -0.3 is 15.4 Å². The van der Waals surface area contributed by atoms with E-state index in [1.54, 1.807) is 7.11 Å². The van der Waals surface area contributed by atoms with E-state index in [2.05, 4.69) is 30.9 Å². The van der Waals surface area contributed by atoms with E-state index in [-0.39, 0.29) is 0 Å². The number of methoxy groups -OCH3 is 1. The molecule has 17 heavy (non-hydrogen) atoms. The average Bonchev–Trinajstić information content (AvgIpc) is 2.39. The maximum atomic E-state index is 5.60. The molecule has 3 heteroatoms. The summed E-state index contributed by atoms with van der Waals surface area (Å²) in [5.74, 6) is 0.906. The van der Waals surface area contributed by atoms with Gasteiger partial charge in [0.1, 0.15) is 5.75 Å². The predicted molar refractivity (Wildman–Crippen MR) is 73.8 cm³/mol. The first kappa shape index (κ1) is 13.8. The molecular formula is C14H24N2O. The van der Waals surface area contributed by atoms with Crippen molar-refractivity contribution in [3.05, 3.63) is 24.3 Å². The number of benzene rings is 1. The molecule has 0 aliphatic rings. The number of anilines is 1. The minimum absolute atomic E-state index is 0.522. The smallest absolute Gasteiger partial charge is 0.120 e. The van der Waals surface area contributed by atoms with Crippen LogP contribution in [0.3, 0.4) is 0 Å². The fourth-order valence-electron chi connectivity index (χ4n) is 1.88. The van der Waals surface area contributed by atoms with Crippen molar-refractivity contribution in [3.63, 3.8) is 0 Å². The second-order valence-electron chi connectivity index (χ2n) is 4.29. The molecule has 1 unspecified atom stereocenters. The van der Waals surface area contributed by atoms with Gasteiger partial charge in [0.2, 0.25) is 0 Å². The molecule has 1 rings (SSSR count). The van der Waals surface area contributed by atoms with E-state index in [1.165, 1.54) is 5.69 Å². The van der Waals surface area contributed by atoms with E-state index in [1.807, 2.05) is 12.1 Å². The molecule has 0 amide bonds. The zero-order chi connectivity index (χ0) is 12.7. The van der Waals surface area contributed by atoms with Crippen LogP contribution < -0.4 is 15.4 Å². The molecule has 3 nitrogen and oxygen atoms in total. The van der Waals surface area contributed by atoms with Gasteiger partial charge in [-0.3, -0.25) is 0 Å². The minimum Gasteiger partial charge on any atom is -0.497 e.